The number of aromatic nitrogens is 1. The van der Waals surface area contributed by atoms with Crippen LogP contribution in [0.4, 0.5) is 13.2 Å². The van der Waals surface area contributed by atoms with Gasteiger partial charge < -0.3 is 10.2 Å². The molecule has 1 unspecified atom stereocenters. The van der Waals surface area contributed by atoms with E-state index in [4.69, 9.17) is 0 Å². The first-order valence-corrected chi connectivity index (χ1v) is 8.80. The first-order valence-electron chi connectivity index (χ1n) is 7.99. The van der Waals surface area contributed by atoms with E-state index in [2.05, 4.69) is 15.3 Å². The third-order valence-electron chi connectivity index (χ3n) is 4.14. The van der Waals surface area contributed by atoms with Gasteiger partial charge in [-0.3, -0.25) is 9.89 Å². The number of nitrogens with zero attached hydrogens (tertiary/aromatic N) is 4. The number of thiazole rings is 1. The lowest BCUT2D eigenvalue weighted by atomic mass is 10.2. The van der Waals surface area contributed by atoms with Crippen molar-refractivity contribution in [3.63, 3.8) is 0 Å². The maximum atomic E-state index is 12.8. The molecule has 1 aliphatic heterocycles. The van der Waals surface area contributed by atoms with Crippen molar-refractivity contribution in [2.45, 2.75) is 32.5 Å². The summed E-state index contributed by atoms with van der Waals surface area (Å²) in [5.74, 6) is 0.739. The van der Waals surface area contributed by atoms with E-state index in [1.54, 1.807) is 18.4 Å². The molecule has 1 aromatic heterocycles. The van der Waals surface area contributed by atoms with Gasteiger partial charge in [0.1, 0.15) is 6.04 Å². The first-order chi connectivity index (χ1) is 11.3. The molecule has 0 amide bonds. The van der Waals surface area contributed by atoms with Gasteiger partial charge in [0.2, 0.25) is 0 Å². The molecule has 1 saturated heterocycles. The van der Waals surface area contributed by atoms with Gasteiger partial charge in [-0.25, -0.2) is 4.98 Å². The molecular formula is C15H24F3N5S. The predicted molar refractivity (Wildman–Crippen MR) is 90.6 cm³/mol. The standard InChI is InChI=1S/C15H24F3N5S/c1-11-10-21-13(24-11)4-5-20-14(19-3)23-8-6-22(7-9-23)12(2)15(16,17)18/h10,12H,4-9H2,1-3H3,(H,19,20). The van der Waals surface area contributed by atoms with Gasteiger partial charge in [0.15, 0.2) is 5.96 Å². The number of nitrogens with one attached hydrogen (secondary N) is 1. The summed E-state index contributed by atoms with van der Waals surface area (Å²) in [5.41, 5.74) is 0. The molecule has 2 rings (SSSR count). The molecule has 0 spiro atoms. The third-order valence-corrected chi connectivity index (χ3v) is 5.11. The molecule has 24 heavy (non-hydrogen) atoms. The van der Waals surface area contributed by atoms with Crippen LogP contribution in [-0.4, -0.2) is 72.7 Å². The number of aliphatic imine (C=N–C) groups is 1. The average Bonchev–Trinajstić information content (AvgIpc) is 2.96. The van der Waals surface area contributed by atoms with Gasteiger partial charge in [-0.05, 0) is 13.8 Å². The molecule has 1 N–H and O–H groups in total. The second-order valence-electron chi connectivity index (χ2n) is 5.83. The van der Waals surface area contributed by atoms with Gasteiger partial charge in [-0.1, -0.05) is 0 Å². The van der Waals surface area contributed by atoms with Crippen LogP contribution in [0, 0.1) is 6.92 Å². The summed E-state index contributed by atoms with van der Waals surface area (Å²) in [6, 6.07) is -1.40. The minimum atomic E-state index is -4.17. The van der Waals surface area contributed by atoms with Crippen molar-refractivity contribution in [3.05, 3.63) is 16.1 Å². The lowest BCUT2D eigenvalue weighted by Gasteiger charge is -2.39. The van der Waals surface area contributed by atoms with Gasteiger partial charge in [0.25, 0.3) is 0 Å². The van der Waals surface area contributed by atoms with Crippen LogP contribution in [0.5, 0.6) is 0 Å². The number of halogens is 3. The summed E-state index contributed by atoms with van der Waals surface area (Å²) in [7, 11) is 1.70. The summed E-state index contributed by atoms with van der Waals surface area (Å²) < 4.78 is 38.4. The molecule has 0 aromatic carbocycles. The Labute approximate surface area is 144 Å². The zero-order chi connectivity index (χ0) is 17.7. The van der Waals surface area contributed by atoms with Gasteiger partial charge in [0, 0.05) is 57.3 Å². The molecular weight excluding hydrogens is 339 g/mol. The second kappa shape index (κ2) is 8.15. The number of alkyl halides is 3. The fourth-order valence-electron chi connectivity index (χ4n) is 2.66. The summed E-state index contributed by atoms with van der Waals surface area (Å²) in [5, 5.41) is 4.34. The summed E-state index contributed by atoms with van der Waals surface area (Å²) in [6.45, 7) is 5.79. The highest BCUT2D eigenvalue weighted by Crippen LogP contribution is 2.25. The number of piperazine rings is 1. The summed E-state index contributed by atoms with van der Waals surface area (Å²) in [6.07, 6.45) is -1.51. The van der Waals surface area contributed by atoms with Crippen molar-refractivity contribution >= 4 is 17.3 Å². The van der Waals surface area contributed by atoms with Crippen molar-refractivity contribution in [1.82, 2.24) is 20.1 Å². The lowest BCUT2D eigenvalue weighted by molar-refractivity contribution is -0.181. The molecule has 0 aliphatic carbocycles. The first kappa shape index (κ1) is 19.0. The van der Waals surface area contributed by atoms with Gasteiger partial charge in [0.05, 0.1) is 5.01 Å². The van der Waals surface area contributed by atoms with Gasteiger partial charge >= 0.3 is 6.18 Å². The fraction of sp³-hybridized carbons (Fsp3) is 0.733. The maximum Gasteiger partial charge on any atom is 0.403 e. The molecule has 0 bridgehead atoms. The molecule has 1 aromatic rings. The highest BCUT2D eigenvalue weighted by molar-refractivity contribution is 7.11. The van der Waals surface area contributed by atoms with E-state index >= 15 is 0 Å². The smallest absolute Gasteiger partial charge is 0.356 e. The van der Waals surface area contributed by atoms with Crippen LogP contribution in [-0.2, 0) is 6.42 Å². The monoisotopic (exact) mass is 363 g/mol. The zero-order valence-electron chi connectivity index (χ0n) is 14.2. The Kier molecular flexibility index (Phi) is 6.45. The van der Waals surface area contributed by atoms with E-state index in [0.29, 0.717) is 32.7 Å². The summed E-state index contributed by atoms with van der Waals surface area (Å²) >= 11 is 1.67. The molecule has 9 heteroatoms. The number of guanidine groups is 1. The Bertz CT molecular complexity index is 550. The van der Waals surface area contributed by atoms with E-state index in [1.807, 2.05) is 18.0 Å². The van der Waals surface area contributed by atoms with Crippen LogP contribution >= 0.6 is 11.3 Å². The predicted octanol–water partition coefficient (Wildman–Crippen LogP) is 2.14. The zero-order valence-corrected chi connectivity index (χ0v) is 15.0. The largest absolute Gasteiger partial charge is 0.403 e. The Hall–Kier alpha value is -1.35. The molecule has 0 radical (unpaired) electrons. The number of hydrogen-bond donors (Lipinski definition) is 1. The lowest BCUT2D eigenvalue weighted by Crippen LogP contribution is -2.56. The average molecular weight is 363 g/mol. The molecule has 1 atom stereocenters. The van der Waals surface area contributed by atoms with Crippen LogP contribution in [0.25, 0.3) is 0 Å². The van der Waals surface area contributed by atoms with E-state index in [9.17, 15) is 13.2 Å². The van der Waals surface area contributed by atoms with Crippen LogP contribution < -0.4 is 5.32 Å². The van der Waals surface area contributed by atoms with Crippen molar-refractivity contribution in [2.24, 2.45) is 4.99 Å². The van der Waals surface area contributed by atoms with Crippen molar-refractivity contribution < 1.29 is 13.2 Å². The van der Waals surface area contributed by atoms with Gasteiger partial charge in [-0.15, -0.1) is 11.3 Å². The van der Waals surface area contributed by atoms with Crippen LogP contribution in [0.2, 0.25) is 0 Å². The number of hydrogen-bond acceptors (Lipinski definition) is 4. The SMILES string of the molecule is CN=C(NCCc1ncc(C)s1)N1CCN(C(C)C(F)(F)F)CC1. The Morgan fingerprint density at radius 2 is 2.04 bits per heavy atom. The normalized spacial score (nSPS) is 18.8. The van der Waals surface area contributed by atoms with E-state index in [0.717, 1.165) is 17.4 Å². The quantitative estimate of drug-likeness (QED) is 0.658. The number of aryl methyl sites for hydroxylation is 1. The van der Waals surface area contributed by atoms with Crippen molar-refractivity contribution in [2.75, 3.05) is 39.8 Å². The molecule has 1 fully saturated rings. The highest BCUT2D eigenvalue weighted by atomic mass is 32.1. The van der Waals surface area contributed by atoms with Crippen LogP contribution in [0.15, 0.2) is 11.2 Å². The Morgan fingerprint density at radius 3 is 2.54 bits per heavy atom. The third kappa shape index (κ3) is 5.07. The molecule has 2 heterocycles. The van der Waals surface area contributed by atoms with Gasteiger partial charge in [-0.2, -0.15) is 13.2 Å². The van der Waals surface area contributed by atoms with E-state index in [1.165, 1.54) is 16.7 Å². The summed E-state index contributed by atoms with van der Waals surface area (Å²) in [4.78, 5) is 13.2. The highest BCUT2D eigenvalue weighted by Gasteiger charge is 2.41. The van der Waals surface area contributed by atoms with Crippen molar-refractivity contribution in [1.29, 1.82) is 0 Å². The maximum absolute atomic E-state index is 12.8. The minimum Gasteiger partial charge on any atom is -0.356 e. The molecule has 1 aliphatic rings. The molecule has 0 saturated carbocycles. The van der Waals surface area contributed by atoms with Crippen LogP contribution in [0.3, 0.4) is 0 Å². The number of rotatable bonds is 4. The minimum absolute atomic E-state index is 0.382. The molecule has 136 valence electrons. The van der Waals surface area contributed by atoms with Crippen LogP contribution in [0.1, 0.15) is 16.8 Å². The molecule has 5 nitrogen and oxygen atoms in total. The second-order valence-corrected chi connectivity index (χ2v) is 7.15. The fourth-order valence-corrected chi connectivity index (χ4v) is 3.45. The Balaban J connectivity index is 1.78. The van der Waals surface area contributed by atoms with Crippen molar-refractivity contribution in [3.8, 4) is 0 Å². The Morgan fingerprint density at radius 1 is 1.38 bits per heavy atom. The van der Waals surface area contributed by atoms with E-state index in [-0.39, 0.29) is 0 Å². The topological polar surface area (TPSA) is 43.8 Å². The van der Waals surface area contributed by atoms with E-state index < -0.39 is 12.2 Å².